The highest BCUT2D eigenvalue weighted by atomic mass is 16.5. The second-order valence-corrected chi connectivity index (χ2v) is 5.41. The lowest BCUT2D eigenvalue weighted by atomic mass is 10.0. The summed E-state index contributed by atoms with van der Waals surface area (Å²) >= 11 is 0. The van der Waals surface area contributed by atoms with Crippen molar-refractivity contribution in [3.63, 3.8) is 0 Å². The fraction of sp³-hybridized carbons (Fsp3) is 0.643. The fourth-order valence-corrected chi connectivity index (χ4v) is 2.85. The van der Waals surface area contributed by atoms with Gasteiger partial charge in [0.05, 0.1) is 19.3 Å². The van der Waals surface area contributed by atoms with Gasteiger partial charge in [0.15, 0.2) is 0 Å². The molecule has 0 unspecified atom stereocenters. The van der Waals surface area contributed by atoms with Gasteiger partial charge in [-0.25, -0.2) is 0 Å². The van der Waals surface area contributed by atoms with Crippen molar-refractivity contribution in [1.82, 2.24) is 9.47 Å². The van der Waals surface area contributed by atoms with E-state index in [1.165, 1.54) is 0 Å². The highest BCUT2D eigenvalue weighted by Gasteiger charge is 2.30. The zero-order chi connectivity index (χ0) is 12.5. The van der Waals surface area contributed by atoms with Gasteiger partial charge in [-0.2, -0.15) is 0 Å². The minimum Gasteiger partial charge on any atom is -0.378 e. The van der Waals surface area contributed by atoms with Crippen molar-refractivity contribution in [2.45, 2.75) is 31.8 Å². The van der Waals surface area contributed by atoms with Gasteiger partial charge in [0.2, 0.25) is 0 Å². The summed E-state index contributed by atoms with van der Waals surface area (Å²) in [6.07, 6.45) is 4.09. The van der Waals surface area contributed by atoms with Crippen LogP contribution in [0.25, 0.3) is 0 Å². The Kier molecular flexibility index (Phi) is 3.22. The lowest BCUT2D eigenvalue weighted by molar-refractivity contribution is -0.0732. The molecule has 0 aromatic carbocycles. The van der Waals surface area contributed by atoms with Crippen molar-refractivity contribution in [3.8, 4) is 0 Å². The monoisotopic (exact) mass is 248 g/mol. The van der Waals surface area contributed by atoms with Crippen LogP contribution in [-0.4, -0.2) is 41.8 Å². The van der Waals surface area contributed by atoms with Gasteiger partial charge in [-0.15, -0.1) is 0 Å². The van der Waals surface area contributed by atoms with Crippen molar-refractivity contribution in [1.29, 1.82) is 0 Å². The van der Waals surface area contributed by atoms with Crippen molar-refractivity contribution < 1.29 is 4.74 Å². The van der Waals surface area contributed by atoms with Crippen LogP contribution in [0.4, 0.5) is 0 Å². The molecule has 2 saturated heterocycles. The van der Waals surface area contributed by atoms with E-state index in [4.69, 9.17) is 4.74 Å². The van der Waals surface area contributed by atoms with Crippen LogP contribution in [0.15, 0.2) is 23.1 Å². The molecule has 18 heavy (non-hydrogen) atoms. The Balaban J connectivity index is 1.66. The normalized spacial score (nSPS) is 22.9. The van der Waals surface area contributed by atoms with Crippen LogP contribution < -0.4 is 5.56 Å². The molecule has 2 aliphatic rings. The standard InChI is InChI=1S/C14H20N2O2/c1-11-2-7-16(14(17)8-11)12-3-5-15(6-4-12)13-9-18-10-13/h2,7-8,12-13H,3-6,9-10H2,1H3. The van der Waals surface area contributed by atoms with Crippen molar-refractivity contribution in [2.24, 2.45) is 0 Å². The molecule has 0 saturated carbocycles. The average molecular weight is 248 g/mol. The molecule has 0 bridgehead atoms. The van der Waals surface area contributed by atoms with E-state index in [1.807, 2.05) is 23.8 Å². The van der Waals surface area contributed by atoms with Crippen LogP contribution in [-0.2, 0) is 4.74 Å². The van der Waals surface area contributed by atoms with E-state index < -0.39 is 0 Å². The predicted molar refractivity (Wildman–Crippen MR) is 69.9 cm³/mol. The lowest BCUT2D eigenvalue weighted by Crippen LogP contribution is -2.52. The summed E-state index contributed by atoms with van der Waals surface area (Å²) < 4.78 is 7.14. The Morgan fingerprint density at radius 1 is 1.22 bits per heavy atom. The summed E-state index contributed by atoms with van der Waals surface area (Å²) in [6.45, 7) is 5.90. The molecule has 3 heterocycles. The molecular formula is C14H20N2O2. The number of rotatable bonds is 2. The first kappa shape index (κ1) is 11.9. The smallest absolute Gasteiger partial charge is 0.251 e. The van der Waals surface area contributed by atoms with Crippen LogP contribution in [0.3, 0.4) is 0 Å². The summed E-state index contributed by atoms with van der Waals surface area (Å²) in [5.41, 5.74) is 1.18. The van der Waals surface area contributed by atoms with Gasteiger partial charge < -0.3 is 9.30 Å². The number of ether oxygens (including phenoxy) is 1. The molecule has 4 nitrogen and oxygen atoms in total. The molecular weight excluding hydrogens is 228 g/mol. The van der Waals surface area contributed by atoms with E-state index in [0.29, 0.717) is 12.1 Å². The van der Waals surface area contributed by atoms with Gasteiger partial charge in [0.25, 0.3) is 5.56 Å². The summed E-state index contributed by atoms with van der Waals surface area (Å²) in [5.74, 6) is 0. The van der Waals surface area contributed by atoms with Gasteiger partial charge in [0.1, 0.15) is 0 Å². The fourth-order valence-electron chi connectivity index (χ4n) is 2.85. The average Bonchev–Trinajstić information content (AvgIpc) is 2.28. The van der Waals surface area contributed by atoms with Crippen molar-refractivity contribution >= 4 is 0 Å². The van der Waals surface area contributed by atoms with Crippen LogP contribution >= 0.6 is 0 Å². The first-order valence-electron chi connectivity index (χ1n) is 6.74. The minimum absolute atomic E-state index is 0.139. The Hall–Kier alpha value is -1.13. The highest BCUT2D eigenvalue weighted by Crippen LogP contribution is 2.24. The van der Waals surface area contributed by atoms with E-state index in [9.17, 15) is 4.79 Å². The molecule has 98 valence electrons. The maximum absolute atomic E-state index is 12.0. The predicted octanol–water partition coefficient (Wildman–Crippen LogP) is 1.19. The number of pyridine rings is 1. The third kappa shape index (κ3) is 2.22. The van der Waals surface area contributed by atoms with Gasteiger partial charge in [0, 0.05) is 31.4 Å². The van der Waals surface area contributed by atoms with Crippen molar-refractivity contribution in [2.75, 3.05) is 26.3 Å². The molecule has 0 amide bonds. The molecule has 0 N–H and O–H groups in total. The molecule has 0 radical (unpaired) electrons. The number of aromatic nitrogens is 1. The van der Waals surface area contributed by atoms with E-state index in [2.05, 4.69) is 4.90 Å². The van der Waals surface area contributed by atoms with Gasteiger partial charge in [-0.1, -0.05) is 0 Å². The SMILES string of the molecule is Cc1ccn(C2CCN(C3COC3)CC2)c(=O)c1. The first-order valence-corrected chi connectivity index (χ1v) is 6.74. The van der Waals surface area contributed by atoms with Crippen LogP contribution in [0, 0.1) is 6.92 Å². The maximum atomic E-state index is 12.0. The quantitative estimate of drug-likeness (QED) is 0.788. The number of hydrogen-bond acceptors (Lipinski definition) is 3. The molecule has 0 aliphatic carbocycles. The van der Waals surface area contributed by atoms with Crippen LogP contribution in [0.2, 0.25) is 0 Å². The molecule has 2 fully saturated rings. The van der Waals surface area contributed by atoms with Gasteiger partial charge in [-0.05, 0) is 31.4 Å². The third-order valence-corrected chi connectivity index (χ3v) is 4.13. The second kappa shape index (κ2) is 4.86. The molecule has 1 aromatic heterocycles. The number of hydrogen-bond donors (Lipinski definition) is 0. The summed E-state index contributed by atoms with van der Waals surface area (Å²) in [7, 11) is 0. The van der Waals surface area contributed by atoms with Crippen LogP contribution in [0.1, 0.15) is 24.4 Å². The Morgan fingerprint density at radius 2 is 1.94 bits per heavy atom. The van der Waals surface area contributed by atoms with E-state index in [1.54, 1.807) is 6.07 Å². The number of piperidine rings is 1. The first-order chi connectivity index (χ1) is 8.74. The molecule has 0 atom stereocenters. The van der Waals surface area contributed by atoms with Gasteiger partial charge >= 0.3 is 0 Å². The summed E-state index contributed by atoms with van der Waals surface area (Å²) in [4.78, 5) is 14.5. The Bertz CT molecular complexity index is 471. The van der Waals surface area contributed by atoms with E-state index in [0.717, 1.165) is 44.7 Å². The largest absolute Gasteiger partial charge is 0.378 e. The second-order valence-electron chi connectivity index (χ2n) is 5.41. The minimum atomic E-state index is 0.139. The zero-order valence-corrected chi connectivity index (χ0v) is 10.8. The molecule has 1 aromatic rings. The third-order valence-electron chi connectivity index (χ3n) is 4.13. The molecule has 0 spiro atoms. The molecule has 3 rings (SSSR count). The number of likely N-dealkylation sites (tertiary alicyclic amines) is 1. The van der Waals surface area contributed by atoms with Gasteiger partial charge in [-0.3, -0.25) is 9.69 Å². The molecule has 2 aliphatic heterocycles. The Morgan fingerprint density at radius 3 is 2.50 bits per heavy atom. The zero-order valence-electron chi connectivity index (χ0n) is 10.8. The lowest BCUT2D eigenvalue weighted by Gasteiger charge is -2.41. The summed E-state index contributed by atoms with van der Waals surface area (Å²) in [5, 5.41) is 0. The summed E-state index contributed by atoms with van der Waals surface area (Å²) in [6, 6.07) is 4.75. The Labute approximate surface area is 107 Å². The van der Waals surface area contributed by atoms with Crippen LogP contribution in [0.5, 0.6) is 0 Å². The molecule has 4 heteroatoms. The van der Waals surface area contributed by atoms with E-state index >= 15 is 0 Å². The topological polar surface area (TPSA) is 34.5 Å². The van der Waals surface area contributed by atoms with Crippen molar-refractivity contribution in [3.05, 3.63) is 34.2 Å². The maximum Gasteiger partial charge on any atom is 0.251 e. The van der Waals surface area contributed by atoms with E-state index in [-0.39, 0.29) is 5.56 Å². The number of nitrogens with zero attached hydrogens (tertiary/aromatic N) is 2. The highest BCUT2D eigenvalue weighted by molar-refractivity contribution is 5.09. The number of aryl methyl sites for hydroxylation is 1.